The number of rotatable bonds is 3. The number of benzene rings is 3. The molecule has 0 saturated carbocycles. The van der Waals surface area contributed by atoms with E-state index in [1.54, 1.807) is 9.80 Å². The number of amides is 2. The average Bonchev–Trinajstić information content (AvgIpc) is 3.21. The number of para-hydroxylation sites is 1. The van der Waals surface area contributed by atoms with Crippen molar-refractivity contribution in [3.05, 3.63) is 101 Å². The number of hydrogen-bond acceptors (Lipinski definition) is 3. The number of carbonyl (C=O) groups excluding carboxylic acids is 2. The van der Waals surface area contributed by atoms with Crippen molar-refractivity contribution in [1.82, 2.24) is 4.90 Å². The number of anilines is 1. The number of carbonyl (C=O) groups is 2. The molecule has 4 nitrogen and oxygen atoms in total. The first-order chi connectivity index (χ1) is 15.7. The topological polar surface area (TPSA) is 40.6 Å². The van der Waals surface area contributed by atoms with E-state index < -0.39 is 10.7 Å². The van der Waals surface area contributed by atoms with Gasteiger partial charge in [0, 0.05) is 22.4 Å². The second kappa shape index (κ2) is 7.73. The maximum Gasteiger partial charge on any atom is 0.268 e. The van der Waals surface area contributed by atoms with Crippen molar-refractivity contribution in [2.45, 2.75) is 36.9 Å². The third-order valence-electron chi connectivity index (χ3n) is 6.36. The maximum absolute atomic E-state index is 14.2. The zero-order chi connectivity index (χ0) is 23.4. The highest BCUT2D eigenvalue weighted by molar-refractivity contribution is 8.02. The van der Waals surface area contributed by atoms with Gasteiger partial charge in [0.1, 0.15) is 5.82 Å². The molecule has 1 fully saturated rings. The van der Waals surface area contributed by atoms with Crippen LogP contribution in [0.4, 0.5) is 10.1 Å². The zero-order valence-corrected chi connectivity index (χ0v) is 19.7. The van der Waals surface area contributed by atoms with Crippen molar-refractivity contribution in [1.29, 1.82) is 0 Å². The molecule has 0 aromatic heterocycles. The molecule has 2 aliphatic rings. The van der Waals surface area contributed by atoms with Crippen LogP contribution in [0.15, 0.2) is 72.8 Å². The van der Waals surface area contributed by atoms with Gasteiger partial charge in [-0.2, -0.15) is 0 Å². The van der Waals surface area contributed by atoms with Gasteiger partial charge in [0.15, 0.2) is 4.87 Å². The van der Waals surface area contributed by atoms with E-state index in [1.165, 1.54) is 36.0 Å². The van der Waals surface area contributed by atoms with Crippen LogP contribution in [0.3, 0.4) is 0 Å². The Morgan fingerprint density at radius 1 is 1.00 bits per heavy atom. The van der Waals surface area contributed by atoms with Crippen molar-refractivity contribution >= 4 is 29.3 Å². The fraction of sp³-hybridized carbons (Fsp3) is 0.259. The summed E-state index contributed by atoms with van der Waals surface area (Å²) >= 11 is 1.52. The minimum atomic E-state index is -1.16. The van der Waals surface area contributed by atoms with E-state index in [9.17, 15) is 14.0 Å². The first kappa shape index (κ1) is 21.7. The van der Waals surface area contributed by atoms with Gasteiger partial charge in [-0.05, 0) is 62.2 Å². The molecule has 1 saturated heterocycles. The monoisotopic (exact) mass is 460 g/mol. The molecule has 2 amide bonds. The molecule has 1 spiro atoms. The predicted octanol–water partition coefficient (Wildman–Crippen LogP) is 5.50. The smallest absolute Gasteiger partial charge is 0.268 e. The van der Waals surface area contributed by atoms with E-state index in [1.807, 2.05) is 55.5 Å². The molecule has 2 heterocycles. The molecule has 0 bridgehead atoms. The summed E-state index contributed by atoms with van der Waals surface area (Å²) < 4.78 is 13.2. The summed E-state index contributed by atoms with van der Waals surface area (Å²) in [6.07, 6.45) is 0. The highest BCUT2D eigenvalue weighted by atomic mass is 32.2. The third-order valence-corrected chi connectivity index (χ3v) is 7.96. The fourth-order valence-corrected chi connectivity index (χ4v) is 6.55. The van der Waals surface area contributed by atoms with E-state index in [2.05, 4.69) is 13.8 Å². The first-order valence-corrected chi connectivity index (χ1v) is 11.8. The van der Waals surface area contributed by atoms with Gasteiger partial charge < -0.3 is 9.80 Å². The lowest BCUT2D eigenvalue weighted by atomic mass is 10.0. The molecule has 3 aromatic carbocycles. The average molecular weight is 461 g/mol. The summed E-state index contributed by atoms with van der Waals surface area (Å²) in [4.78, 5) is 30.3. The molecule has 0 N–H and O–H groups in total. The van der Waals surface area contributed by atoms with Gasteiger partial charge in [-0.3, -0.25) is 9.59 Å². The number of aryl methyl sites for hydroxylation is 1. The van der Waals surface area contributed by atoms with Crippen LogP contribution in [0.1, 0.15) is 40.9 Å². The lowest BCUT2D eigenvalue weighted by Crippen LogP contribution is -2.50. The van der Waals surface area contributed by atoms with Crippen LogP contribution in [0.2, 0.25) is 0 Å². The zero-order valence-electron chi connectivity index (χ0n) is 18.8. The van der Waals surface area contributed by atoms with Crippen molar-refractivity contribution in [3.63, 3.8) is 0 Å². The third kappa shape index (κ3) is 3.44. The summed E-state index contributed by atoms with van der Waals surface area (Å²) in [5, 5.41) is 0. The number of thioether (sulfide) groups is 1. The molecule has 0 aliphatic carbocycles. The largest absolute Gasteiger partial charge is 0.310 e. The molecule has 1 unspecified atom stereocenters. The fourth-order valence-electron chi connectivity index (χ4n) is 4.82. The summed E-state index contributed by atoms with van der Waals surface area (Å²) in [6, 6.07) is 21.3. The quantitative estimate of drug-likeness (QED) is 0.518. The van der Waals surface area contributed by atoms with E-state index in [-0.39, 0.29) is 16.6 Å². The Kier molecular flexibility index (Phi) is 5.09. The SMILES string of the molecule is Cc1ccccc1CN1C(=O)C2(SC(C)(C)CN2C(=O)c2ccc(F)cc2)c2ccccc21. The van der Waals surface area contributed by atoms with Crippen LogP contribution in [-0.4, -0.2) is 28.0 Å². The van der Waals surface area contributed by atoms with Gasteiger partial charge in [-0.25, -0.2) is 4.39 Å². The molecule has 168 valence electrons. The summed E-state index contributed by atoms with van der Waals surface area (Å²) in [5.41, 5.74) is 4.21. The summed E-state index contributed by atoms with van der Waals surface area (Å²) in [7, 11) is 0. The number of hydrogen-bond donors (Lipinski definition) is 0. The Balaban J connectivity index is 1.63. The predicted molar refractivity (Wildman–Crippen MR) is 130 cm³/mol. The van der Waals surface area contributed by atoms with Crippen molar-refractivity contribution in [3.8, 4) is 0 Å². The Labute approximate surface area is 197 Å². The van der Waals surface area contributed by atoms with Gasteiger partial charge in [0.05, 0.1) is 12.2 Å². The maximum atomic E-state index is 14.2. The van der Waals surface area contributed by atoms with Crippen molar-refractivity contribution in [2.24, 2.45) is 0 Å². The number of halogens is 1. The number of fused-ring (bicyclic) bond motifs is 2. The van der Waals surface area contributed by atoms with E-state index in [4.69, 9.17) is 0 Å². The standard InChI is InChI=1S/C27H25FN2O2S/c1-18-8-4-5-9-20(18)16-29-23-11-7-6-10-22(23)27(25(29)32)30(17-26(2,3)33-27)24(31)19-12-14-21(28)15-13-19/h4-15H,16-17H2,1-3H3. The highest BCUT2D eigenvalue weighted by Crippen LogP contribution is 2.60. The minimum absolute atomic E-state index is 0.113. The lowest BCUT2D eigenvalue weighted by Gasteiger charge is -2.33. The summed E-state index contributed by atoms with van der Waals surface area (Å²) in [6.45, 7) is 6.99. The minimum Gasteiger partial charge on any atom is -0.310 e. The molecule has 2 aliphatic heterocycles. The van der Waals surface area contributed by atoms with Crippen LogP contribution in [0, 0.1) is 12.7 Å². The summed E-state index contributed by atoms with van der Waals surface area (Å²) in [5.74, 6) is -0.781. The molecule has 0 radical (unpaired) electrons. The number of nitrogens with zero attached hydrogens (tertiary/aromatic N) is 2. The Morgan fingerprint density at radius 2 is 1.67 bits per heavy atom. The van der Waals surface area contributed by atoms with Crippen LogP contribution in [0.5, 0.6) is 0 Å². The van der Waals surface area contributed by atoms with E-state index >= 15 is 0 Å². The van der Waals surface area contributed by atoms with Gasteiger partial charge in [-0.15, -0.1) is 11.8 Å². The molecule has 33 heavy (non-hydrogen) atoms. The molecular formula is C27H25FN2O2S. The Hall–Kier alpha value is -3.12. The second-order valence-corrected chi connectivity index (χ2v) is 11.1. The first-order valence-electron chi connectivity index (χ1n) is 11.0. The van der Waals surface area contributed by atoms with Crippen LogP contribution in [-0.2, 0) is 16.2 Å². The van der Waals surface area contributed by atoms with Crippen LogP contribution in [0.25, 0.3) is 0 Å². The molecule has 1 atom stereocenters. The molecule has 5 rings (SSSR count). The van der Waals surface area contributed by atoms with E-state index in [0.717, 1.165) is 22.4 Å². The normalized spacial score (nSPS) is 21.0. The van der Waals surface area contributed by atoms with Gasteiger partial charge in [0.2, 0.25) is 0 Å². The van der Waals surface area contributed by atoms with Gasteiger partial charge in [-0.1, -0.05) is 42.5 Å². The molecule has 3 aromatic rings. The van der Waals surface area contributed by atoms with Crippen LogP contribution < -0.4 is 4.90 Å². The van der Waals surface area contributed by atoms with E-state index in [0.29, 0.717) is 18.7 Å². The highest BCUT2D eigenvalue weighted by Gasteiger charge is 2.63. The van der Waals surface area contributed by atoms with Crippen molar-refractivity contribution < 1.29 is 14.0 Å². The van der Waals surface area contributed by atoms with Crippen molar-refractivity contribution in [2.75, 3.05) is 11.4 Å². The Morgan fingerprint density at radius 3 is 2.39 bits per heavy atom. The molecule has 6 heteroatoms. The van der Waals surface area contributed by atoms with Gasteiger partial charge >= 0.3 is 0 Å². The Bertz CT molecular complexity index is 1260. The molecular weight excluding hydrogens is 435 g/mol. The second-order valence-electron chi connectivity index (χ2n) is 9.24. The van der Waals surface area contributed by atoms with Gasteiger partial charge in [0.25, 0.3) is 11.8 Å². The lowest BCUT2D eigenvalue weighted by molar-refractivity contribution is -0.123. The van der Waals surface area contributed by atoms with Crippen LogP contribution >= 0.6 is 11.8 Å².